The van der Waals surface area contributed by atoms with E-state index in [0.29, 0.717) is 5.02 Å². The summed E-state index contributed by atoms with van der Waals surface area (Å²) in [5.41, 5.74) is 0. The Morgan fingerprint density at radius 3 is 2.31 bits per heavy atom. The van der Waals surface area contributed by atoms with Crippen LogP contribution >= 0.6 is 29.8 Å². The fraction of sp³-hybridized carbons (Fsp3) is 0. The molecule has 0 bridgehead atoms. The molecule has 0 aliphatic carbocycles. The van der Waals surface area contributed by atoms with Crippen molar-refractivity contribution in [3.63, 3.8) is 0 Å². The minimum atomic E-state index is -4.13. The molecule has 0 aliphatic heterocycles. The normalized spacial score (nSPS) is 15.0. The van der Waals surface area contributed by atoms with Gasteiger partial charge in [0.2, 0.25) is 0 Å². The summed E-state index contributed by atoms with van der Waals surface area (Å²) in [5.74, 6) is 0.235. The molecule has 13 heavy (non-hydrogen) atoms. The van der Waals surface area contributed by atoms with Gasteiger partial charge in [0.1, 0.15) is 0 Å². The molecule has 0 saturated carbocycles. The minimum absolute atomic E-state index is 0.235. The average Bonchev–Trinajstić information content (AvgIpc) is 2.02. The van der Waals surface area contributed by atoms with Crippen LogP contribution in [0.25, 0.3) is 0 Å². The summed E-state index contributed by atoms with van der Waals surface area (Å²) in [6, 6.07) is 6.01. The molecular formula is C6H5Cl2O4P. The van der Waals surface area contributed by atoms with Gasteiger partial charge < -0.3 is 9.78 Å². The average molecular weight is 243 g/mol. The first kappa shape index (κ1) is 10.8. The number of halogens is 2. The first-order chi connectivity index (χ1) is 5.97. The summed E-state index contributed by atoms with van der Waals surface area (Å²) in [4.78, 5) is 12.9. The van der Waals surface area contributed by atoms with Gasteiger partial charge in [0.15, 0.2) is 5.75 Å². The minimum Gasteiger partial charge on any atom is -0.328 e. The second-order valence-electron chi connectivity index (χ2n) is 2.06. The lowest BCUT2D eigenvalue weighted by atomic mass is 10.3. The van der Waals surface area contributed by atoms with E-state index in [1.807, 2.05) is 0 Å². The van der Waals surface area contributed by atoms with E-state index in [0.717, 1.165) is 0 Å². The summed E-state index contributed by atoms with van der Waals surface area (Å²) >= 11 is 10.4. The summed E-state index contributed by atoms with van der Waals surface area (Å²) in [6.45, 7) is -4.13. The molecule has 1 aromatic carbocycles. The van der Waals surface area contributed by atoms with E-state index in [-0.39, 0.29) is 5.75 Å². The second kappa shape index (κ2) is 4.31. The third-order valence-corrected chi connectivity index (χ3v) is 1.72. The Hall–Kier alpha value is -0.250. The molecule has 0 saturated heterocycles. The molecule has 0 aliphatic rings. The van der Waals surface area contributed by atoms with Crippen molar-refractivity contribution in [3.05, 3.63) is 29.3 Å². The van der Waals surface area contributed by atoms with Crippen LogP contribution in [-0.2, 0) is 9.24 Å². The van der Waals surface area contributed by atoms with E-state index in [4.69, 9.17) is 27.7 Å². The third-order valence-electron chi connectivity index (χ3n) is 1.04. The summed E-state index contributed by atoms with van der Waals surface area (Å²) < 4.78 is 14.4. The molecule has 0 amide bonds. The SMILES string of the molecule is O=P(O)(Cl)OOc1ccc(Cl)cc1. The number of benzene rings is 1. The molecular weight excluding hydrogens is 238 g/mol. The first-order valence-electron chi connectivity index (χ1n) is 3.12. The Bertz CT molecular complexity index is 320. The molecule has 0 aromatic heterocycles. The van der Waals surface area contributed by atoms with Crippen LogP contribution in [0, 0.1) is 0 Å². The van der Waals surface area contributed by atoms with Crippen molar-refractivity contribution >= 4 is 29.8 Å². The highest BCUT2D eigenvalue weighted by Gasteiger charge is 2.16. The van der Waals surface area contributed by atoms with Crippen molar-refractivity contribution in [2.45, 2.75) is 0 Å². The van der Waals surface area contributed by atoms with Crippen molar-refractivity contribution in [1.29, 1.82) is 0 Å². The van der Waals surface area contributed by atoms with Crippen molar-refractivity contribution in [2.24, 2.45) is 0 Å². The Morgan fingerprint density at radius 2 is 1.85 bits per heavy atom. The number of hydrogen-bond acceptors (Lipinski definition) is 3. The highest BCUT2D eigenvalue weighted by atomic mass is 35.7. The predicted octanol–water partition coefficient (Wildman–Crippen LogP) is 2.99. The van der Waals surface area contributed by atoms with Crippen LogP contribution in [0.1, 0.15) is 0 Å². The molecule has 0 fully saturated rings. The molecule has 7 heteroatoms. The fourth-order valence-electron chi connectivity index (χ4n) is 0.579. The van der Waals surface area contributed by atoms with E-state index < -0.39 is 6.95 Å². The van der Waals surface area contributed by atoms with Crippen LogP contribution in [0.15, 0.2) is 24.3 Å². The summed E-state index contributed by atoms with van der Waals surface area (Å²) in [7, 11) is 0. The number of rotatable bonds is 3. The van der Waals surface area contributed by atoms with Gasteiger partial charge in [-0.3, -0.25) is 0 Å². The lowest BCUT2D eigenvalue weighted by molar-refractivity contribution is -0.104. The molecule has 0 spiro atoms. The molecule has 0 radical (unpaired) electrons. The maximum absolute atomic E-state index is 10.4. The molecule has 1 N–H and O–H groups in total. The lowest BCUT2D eigenvalue weighted by Gasteiger charge is -2.04. The molecule has 1 aromatic rings. The van der Waals surface area contributed by atoms with Gasteiger partial charge in [-0.05, 0) is 24.3 Å². The van der Waals surface area contributed by atoms with Crippen molar-refractivity contribution < 1.29 is 19.0 Å². The highest BCUT2D eigenvalue weighted by molar-refractivity contribution is 7.80. The smallest absolute Gasteiger partial charge is 0.328 e. The van der Waals surface area contributed by atoms with Crippen LogP contribution in [0.4, 0.5) is 0 Å². The highest BCUT2D eigenvalue weighted by Crippen LogP contribution is 2.47. The largest absolute Gasteiger partial charge is 0.457 e. The maximum Gasteiger partial charge on any atom is 0.457 e. The van der Waals surface area contributed by atoms with Crippen molar-refractivity contribution in [1.82, 2.24) is 0 Å². The van der Waals surface area contributed by atoms with Crippen LogP contribution < -0.4 is 4.89 Å². The van der Waals surface area contributed by atoms with Gasteiger partial charge in [0.05, 0.1) is 0 Å². The van der Waals surface area contributed by atoms with Gasteiger partial charge >= 0.3 is 6.95 Å². The van der Waals surface area contributed by atoms with Gasteiger partial charge in [0.25, 0.3) is 0 Å². The van der Waals surface area contributed by atoms with E-state index >= 15 is 0 Å². The van der Waals surface area contributed by atoms with Gasteiger partial charge in [-0.25, -0.2) is 4.57 Å². The summed E-state index contributed by atoms with van der Waals surface area (Å²) in [6.07, 6.45) is 0. The van der Waals surface area contributed by atoms with E-state index in [9.17, 15) is 4.57 Å². The number of hydrogen-bond donors (Lipinski definition) is 1. The van der Waals surface area contributed by atoms with Gasteiger partial charge in [-0.2, -0.15) is 0 Å². The zero-order chi connectivity index (χ0) is 9.90. The molecule has 1 rings (SSSR count). The van der Waals surface area contributed by atoms with E-state index in [1.165, 1.54) is 24.3 Å². The van der Waals surface area contributed by atoms with Crippen molar-refractivity contribution in [3.8, 4) is 5.75 Å². The van der Waals surface area contributed by atoms with Crippen LogP contribution in [-0.4, -0.2) is 4.89 Å². The maximum atomic E-state index is 10.4. The zero-order valence-electron chi connectivity index (χ0n) is 6.18. The fourth-order valence-corrected chi connectivity index (χ4v) is 0.968. The van der Waals surface area contributed by atoms with E-state index in [2.05, 4.69) is 9.56 Å². The van der Waals surface area contributed by atoms with Crippen molar-refractivity contribution in [2.75, 3.05) is 0 Å². The second-order valence-corrected chi connectivity index (χ2v) is 4.83. The van der Waals surface area contributed by atoms with Crippen LogP contribution in [0.5, 0.6) is 5.75 Å². The Kier molecular flexibility index (Phi) is 3.59. The Morgan fingerprint density at radius 1 is 1.31 bits per heavy atom. The molecule has 72 valence electrons. The topological polar surface area (TPSA) is 55.8 Å². The molecule has 1 atom stereocenters. The molecule has 4 nitrogen and oxygen atoms in total. The van der Waals surface area contributed by atoms with Gasteiger partial charge in [0, 0.05) is 16.3 Å². The quantitative estimate of drug-likeness (QED) is 0.503. The molecule has 0 heterocycles. The van der Waals surface area contributed by atoms with Gasteiger partial charge in [-0.1, -0.05) is 16.3 Å². The van der Waals surface area contributed by atoms with E-state index in [1.54, 1.807) is 0 Å². The zero-order valence-corrected chi connectivity index (χ0v) is 8.59. The summed E-state index contributed by atoms with van der Waals surface area (Å²) in [5, 5.41) is 0.519. The lowest BCUT2D eigenvalue weighted by Crippen LogP contribution is -1.91. The van der Waals surface area contributed by atoms with Gasteiger partial charge in [-0.15, -0.1) is 0 Å². The molecule has 1 unspecified atom stereocenters. The first-order valence-corrected chi connectivity index (χ1v) is 5.98. The standard InChI is InChI=1S/C6H5Cl2O4P/c7-5-1-3-6(4-2-5)11-12-13(8,9)10/h1-4H,(H,9,10). The van der Waals surface area contributed by atoms with Crippen LogP contribution in [0.3, 0.4) is 0 Å². The predicted molar refractivity (Wildman–Crippen MR) is 48.8 cm³/mol. The monoisotopic (exact) mass is 242 g/mol. The third kappa shape index (κ3) is 4.50. The Labute approximate surface area is 84.2 Å². The Balaban J connectivity index is 2.56. The van der Waals surface area contributed by atoms with Crippen LogP contribution in [0.2, 0.25) is 5.02 Å².